The van der Waals surface area contributed by atoms with Crippen molar-refractivity contribution in [1.82, 2.24) is 4.90 Å². The fourth-order valence-corrected chi connectivity index (χ4v) is 5.10. The first-order valence-corrected chi connectivity index (χ1v) is 9.97. The molecule has 0 aromatic heterocycles. The third kappa shape index (κ3) is 3.40. The average Bonchev–Trinajstić information content (AvgIpc) is 2.40. The van der Waals surface area contributed by atoms with Gasteiger partial charge in [-0.25, -0.2) is 0 Å². The number of nitrogens with zero attached hydrogens (tertiary/aromatic N) is 1. The molecular formula is C17H34NSiZr-. The van der Waals surface area contributed by atoms with Gasteiger partial charge in [-0.1, -0.05) is 25.6 Å². The monoisotopic (exact) mass is 370 g/mol. The molecule has 3 heteroatoms. The standard InChI is InChI=1S/C16H31NSi.CH3.Zr/c1-11-12(2)14(17(8)15(4,5)6)16(7,13(11)3)18(9)10;;/h18H,1-10H3;1H3;/q;-1;. The first-order chi connectivity index (χ1) is 7.95. The van der Waals surface area contributed by atoms with Gasteiger partial charge in [0.05, 0.1) is 0 Å². The van der Waals surface area contributed by atoms with Gasteiger partial charge < -0.3 is 12.3 Å². The molecule has 1 rings (SSSR count). The van der Waals surface area contributed by atoms with Gasteiger partial charge in [-0.15, -0.1) is 0 Å². The molecule has 0 radical (unpaired) electrons. The molecule has 0 heterocycles. The van der Waals surface area contributed by atoms with E-state index in [2.05, 4.69) is 73.5 Å². The van der Waals surface area contributed by atoms with Crippen LogP contribution < -0.4 is 0 Å². The van der Waals surface area contributed by atoms with Crippen molar-refractivity contribution >= 4 is 8.80 Å². The summed E-state index contributed by atoms with van der Waals surface area (Å²) in [6.07, 6.45) is 0. The van der Waals surface area contributed by atoms with Crippen molar-refractivity contribution in [2.24, 2.45) is 0 Å². The summed E-state index contributed by atoms with van der Waals surface area (Å²) in [4.78, 5) is 2.51. The minimum Gasteiger partial charge on any atom is -0.372 e. The number of hydrogen-bond donors (Lipinski definition) is 0. The molecule has 116 valence electrons. The normalized spacial score (nSPS) is 22.9. The molecule has 20 heavy (non-hydrogen) atoms. The molecule has 1 nitrogen and oxygen atoms in total. The molecule has 1 aliphatic rings. The Labute approximate surface area is 148 Å². The van der Waals surface area contributed by atoms with Crippen LogP contribution in [-0.2, 0) is 26.2 Å². The van der Waals surface area contributed by atoms with Crippen LogP contribution in [0.3, 0.4) is 0 Å². The van der Waals surface area contributed by atoms with Crippen LogP contribution in [0.25, 0.3) is 0 Å². The summed E-state index contributed by atoms with van der Waals surface area (Å²) in [5, 5.41) is 0.316. The van der Waals surface area contributed by atoms with Crippen LogP contribution in [0.5, 0.6) is 0 Å². The second-order valence-electron chi connectivity index (χ2n) is 7.31. The number of hydrogen-bond acceptors (Lipinski definition) is 1. The quantitative estimate of drug-likeness (QED) is 0.486. The fourth-order valence-electron chi connectivity index (χ4n) is 3.06. The van der Waals surface area contributed by atoms with E-state index in [1.54, 1.807) is 11.3 Å². The van der Waals surface area contributed by atoms with E-state index in [4.69, 9.17) is 0 Å². The zero-order valence-corrected chi connectivity index (χ0v) is 19.1. The molecule has 0 aliphatic heterocycles. The van der Waals surface area contributed by atoms with Crippen molar-refractivity contribution < 1.29 is 26.2 Å². The summed E-state index contributed by atoms with van der Waals surface area (Å²) in [7, 11) is 1.45. The average molecular weight is 372 g/mol. The summed E-state index contributed by atoms with van der Waals surface area (Å²) in [6, 6.07) is 0. The van der Waals surface area contributed by atoms with Crippen LogP contribution >= 0.6 is 0 Å². The van der Waals surface area contributed by atoms with Gasteiger partial charge in [0.15, 0.2) is 0 Å². The molecule has 1 atom stereocenters. The Morgan fingerprint density at radius 3 is 1.70 bits per heavy atom. The third-order valence-electron chi connectivity index (χ3n) is 5.25. The van der Waals surface area contributed by atoms with E-state index in [0.717, 1.165) is 0 Å². The summed E-state index contributed by atoms with van der Waals surface area (Å²) in [6.45, 7) is 21.3. The first-order valence-electron chi connectivity index (χ1n) is 7.09. The molecule has 0 saturated carbocycles. The van der Waals surface area contributed by atoms with Crippen LogP contribution in [-0.4, -0.2) is 26.3 Å². The predicted octanol–water partition coefficient (Wildman–Crippen LogP) is 5.04. The van der Waals surface area contributed by atoms with E-state index in [9.17, 15) is 0 Å². The largest absolute Gasteiger partial charge is 0.372 e. The van der Waals surface area contributed by atoms with Gasteiger partial charge in [0.25, 0.3) is 0 Å². The van der Waals surface area contributed by atoms with Gasteiger partial charge in [-0.3, -0.25) is 0 Å². The molecule has 0 aromatic carbocycles. The smallest absolute Gasteiger partial charge is 0.0494 e. The Morgan fingerprint density at radius 1 is 1.00 bits per heavy atom. The van der Waals surface area contributed by atoms with Gasteiger partial charge in [0.1, 0.15) is 0 Å². The van der Waals surface area contributed by atoms with E-state index in [0.29, 0.717) is 5.04 Å². The Kier molecular flexibility index (Phi) is 8.04. The molecule has 0 spiro atoms. The van der Waals surface area contributed by atoms with Gasteiger partial charge in [0.2, 0.25) is 0 Å². The zero-order valence-electron chi connectivity index (χ0n) is 15.5. The Bertz CT molecular complexity index is 415. The fraction of sp³-hybridized carbons (Fsp3) is 0.706. The van der Waals surface area contributed by atoms with Crippen molar-refractivity contribution in [2.75, 3.05) is 7.05 Å². The predicted molar refractivity (Wildman–Crippen MR) is 92.2 cm³/mol. The summed E-state index contributed by atoms with van der Waals surface area (Å²) >= 11 is 0. The van der Waals surface area contributed by atoms with Crippen molar-refractivity contribution in [3.05, 3.63) is 29.8 Å². The van der Waals surface area contributed by atoms with E-state index in [1.165, 1.54) is 11.1 Å². The molecule has 0 aromatic rings. The number of allylic oxidation sites excluding steroid dienone is 3. The first kappa shape index (κ1) is 22.7. The maximum atomic E-state index is 2.51. The third-order valence-corrected chi connectivity index (χ3v) is 8.26. The molecule has 0 fully saturated rings. The van der Waals surface area contributed by atoms with E-state index < -0.39 is 8.80 Å². The molecule has 0 N–H and O–H groups in total. The van der Waals surface area contributed by atoms with Crippen molar-refractivity contribution in [2.45, 2.75) is 72.1 Å². The van der Waals surface area contributed by atoms with E-state index in [1.807, 2.05) is 0 Å². The van der Waals surface area contributed by atoms with Crippen LogP contribution in [0.4, 0.5) is 0 Å². The van der Waals surface area contributed by atoms with Crippen LogP contribution in [0.1, 0.15) is 48.5 Å². The second-order valence-corrected chi connectivity index (χ2v) is 10.8. The van der Waals surface area contributed by atoms with Crippen molar-refractivity contribution in [3.63, 3.8) is 0 Å². The molecule has 1 aliphatic carbocycles. The summed E-state index contributed by atoms with van der Waals surface area (Å²) in [5.74, 6) is 0. The van der Waals surface area contributed by atoms with Crippen molar-refractivity contribution in [3.8, 4) is 0 Å². The molecular weight excluding hydrogens is 338 g/mol. The maximum Gasteiger partial charge on any atom is 0.0494 e. The summed E-state index contributed by atoms with van der Waals surface area (Å²) < 4.78 is 0. The van der Waals surface area contributed by atoms with Gasteiger partial charge in [0, 0.05) is 58.3 Å². The molecule has 1 unspecified atom stereocenters. The minimum atomic E-state index is -0.816. The Balaban J connectivity index is 0. The zero-order chi connectivity index (χ0) is 14.5. The molecule has 0 bridgehead atoms. The Morgan fingerprint density at radius 2 is 1.40 bits per heavy atom. The number of rotatable bonds is 2. The minimum absolute atomic E-state index is 0. The van der Waals surface area contributed by atoms with Crippen molar-refractivity contribution in [1.29, 1.82) is 0 Å². The summed E-state index contributed by atoms with van der Waals surface area (Å²) in [5.41, 5.74) is 6.39. The van der Waals surface area contributed by atoms with Crippen LogP contribution in [0, 0.1) is 7.43 Å². The van der Waals surface area contributed by atoms with Gasteiger partial charge in [-0.05, 0) is 52.7 Å². The second kappa shape index (κ2) is 7.09. The van der Waals surface area contributed by atoms with Gasteiger partial charge in [-0.2, -0.15) is 0 Å². The van der Waals surface area contributed by atoms with E-state index >= 15 is 0 Å². The maximum absolute atomic E-state index is 2.51. The van der Waals surface area contributed by atoms with Crippen LogP contribution in [0.15, 0.2) is 22.4 Å². The molecule has 0 amide bonds. The topological polar surface area (TPSA) is 3.24 Å². The Hall–Kier alpha value is 0.380. The van der Waals surface area contributed by atoms with Gasteiger partial charge >= 0.3 is 0 Å². The molecule has 0 saturated heterocycles. The SMILES string of the molecule is CC1=C(C)C(C)([SiH](C)C)C(N(C)C(C)(C)C)=C1C.[CH3-].[Zr]. The van der Waals surface area contributed by atoms with E-state index in [-0.39, 0.29) is 39.2 Å². The van der Waals surface area contributed by atoms with Crippen LogP contribution in [0.2, 0.25) is 18.1 Å².